The lowest BCUT2D eigenvalue weighted by molar-refractivity contribution is 0.0952. The van der Waals surface area contributed by atoms with E-state index in [0.29, 0.717) is 28.7 Å². The maximum atomic E-state index is 12.6. The molecule has 128 valence electrons. The summed E-state index contributed by atoms with van der Waals surface area (Å²) in [6.45, 7) is 3.26. The minimum atomic E-state index is -0.146. The van der Waals surface area contributed by atoms with Crippen molar-refractivity contribution in [2.24, 2.45) is 0 Å². The van der Waals surface area contributed by atoms with Crippen molar-refractivity contribution in [3.05, 3.63) is 40.7 Å². The third-order valence-corrected chi connectivity index (χ3v) is 5.18. The van der Waals surface area contributed by atoms with Gasteiger partial charge in [-0.1, -0.05) is 6.92 Å². The molecule has 25 heavy (non-hydrogen) atoms. The van der Waals surface area contributed by atoms with Gasteiger partial charge >= 0.3 is 0 Å². The van der Waals surface area contributed by atoms with Gasteiger partial charge in [-0.25, -0.2) is 15.0 Å². The molecule has 0 spiro atoms. The van der Waals surface area contributed by atoms with Gasteiger partial charge in [0.15, 0.2) is 16.7 Å². The van der Waals surface area contributed by atoms with Crippen LogP contribution in [0, 0.1) is 0 Å². The quantitative estimate of drug-likeness (QED) is 0.747. The van der Waals surface area contributed by atoms with E-state index in [0.717, 1.165) is 36.7 Å². The first-order valence-corrected chi connectivity index (χ1v) is 9.04. The molecule has 0 unspecified atom stereocenters. The summed E-state index contributed by atoms with van der Waals surface area (Å²) >= 11 is 1.32. The van der Waals surface area contributed by atoms with Gasteiger partial charge in [0.05, 0.1) is 12.2 Å². The molecule has 0 aromatic carbocycles. The van der Waals surface area contributed by atoms with Crippen LogP contribution in [0.4, 0.5) is 0 Å². The molecular formula is C16H17N7OS. The van der Waals surface area contributed by atoms with Crippen LogP contribution >= 0.6 is 11.3 Å². The first kappa shape index (κ1) is 15.8. The molecule has 4 rings (SSSR count). The maximum Gasteiger partial charge on any atom is 0.263 e. The number of thiazole rings is 1. The summed E-state index contributed by atoms with van der Waals surface area (Å²) in [6.07, 6.45) is 6.05. The second-order valence-corrected chi connectivity index (χ2v) is 6.69. The van der Waals surface area contributed by atoms with Gasteiger partial charge < -0.3 is 9.88 Å². The first-order chi connectivity index (χ1) is 12.3. The Morgan fingerprint density at radius 3 is 2.96 bits per heavy atom. The molecule has 1 N–H and O–H groups in total. The molecule has 9 heteroatoms. The molecule has 0 aliphatic carbocycles. The lowest BCUT2D eigenvalue weighted by Crippen LogP contribution is -2.24. The number of carbonyl (C=O) groups excluding carboxylic acids is 1. The number of fused-ring (bicyclic) bond motifs is 1. The van der Waals surface area contributed by atoms with Gasteiger partial charge in [0.2, 0.25) is 0 Å². The topological polar surface area (TPSA) is 98.5 Å². The van der Waals surface area contributed by atoms with E-state index in [2.05, 4.69) is 35.0 Å². The van der Waals surface area contributed by atoms with Gasteiger partial charge in [0.1, 0.15) is 10.7 Å². The highest BCUT2D eigenvalue weighted by Crippen LogP contribution is 2.26. The van der Waals surface area contributed by atoms with Crippen LogP contribution in [0.15, 0.2) is 18.5 Å². The Labute approximate surface area is 148 Å². The second-order valence-electron chi connectivity index (χ2n) is 5.69. The third-order valence-electron chi connectivity index (χ3n) is 4.09. The van der Waals surface area contributed by atoms with Crippen LogP contribution < -0.4 is 5.32 Å². The van der Waals surface area contributed by atoms with Crippen molar-refractivity contribution in [3.8, 4) is 10.8 Å². The molecule has 0 fully saturated rings. The van der Waals surface area contributed by atoms with Crippen LogP contribution in [0.25, 0.3) is 10.8 Å². The summed E-state index contributed by atoms with van der Waals surface area (Å²) < 4.78 is 2.08. The molecule has 8 nitrogen and oxygen atoms in total. The predicted molar refractivity (Wildman–Crippen MR) is 92.0 cm³/mol. The van der Waals surface area contributed by atoms with Gasteiger partial charge in [-0.15, -0.1) is 21.5 Å². The Hall–Kier alpha value is -2.68. The van der Waals surface area contributed by atoms with E-state index in [1.165, 1.54) is 11.3 Å². The van der Waals surface area contributed by atoms with Gasteiger partial charge in [0, 0.05) is 25.4 Å². The number of hydrogen-bond donors (Lipinski definition) is 1. The summed E-state index contributed by atoms with van der Waals surface area (Å²) in [5.74, 6) is 2.19. The Kier molecular flexibility index (Phi) is 4.22. The first-order valence-electron chi connectivity index (χ1n) is 8.22. The van der Waals surface area contributed by atoms with Crippen LogP contribution in [-0.4, -0.2) is 35.6 Å². The van der Waals surface area contributed by atoms with E-state index in [4.69, 9.17) is 0 Å². The van der Waals surface area contributed by atoms with Crippen LogP contribution in [0.2, 0.25) is 0 Å². The van der Waals surface area contributed by atoms with Crippen molar-refractivity contribution in [3.63, 3.8) is 0 Å². The average molecular weight is 355 g/mol. The normalized spacial score (nSPS) is 13.0. The number of aromatic nitrogens is 6. The Bertz CT molecular complexity index is 903. The molecule has 1 amide bonds. The fourth-order valence-corrected chi connectivity index (χ4v) is 3.87. The summed E-state index contributed by atoms with van der Waals surface area (Å²) in [5.41, 5.74) is 0.761. The minimum absolute atomic E-state index is 0.146. The fraction of sp³-hybridized carbons (Fsp3) is 0.375. The van der Waals surface area contributed by atoms with Gasteiger partial charge in [-0.3, -0.25) is 4.79 Å². The molecule has 3 aromatic heterocycles. The van der Waals surface area contributed by atoms with E-state index < -0.39 is 0 Å². The molecule has 0 saturated heterocycles. The molecule has 0 atom stereocenters. The lowest BCUT2D eigenvalue weighted by atomic mass is 10.3. The molecule has 0 bridgehead atoms. The van der Waals surface area contributed by atoms with Crippen molar-refractivity contribution in [1.29, 1.82) is 0 Å². The summed E-state index contributed by atoms with van der Waals surface area (Å²) in [6, 6.07) is 1.75. The smallest absolute Gasteiger partial charge is 0.263 e. The largest absolute Gasteiger partial charge is 0.344 e. The van der Waals surface area contributed by atoms with E-state index >= 15 is 0 Å². The SMILES string of the molecule is CCc1nc(-c2ncccn2)sc1C(=O)NCc1nnc2n1CCC2. The zero-order valence-corrected chi connectivity index (χ0v) is 14.6. The molecule has 0 saturated carbocycles. The Morgan fingerprint density at radius 2 is 2.16 bits per heavy atom. The van der Waals surface area contributed by atoms with Gasteiger partial charge in [-0.05, 0) is 18.9 Å². The highest BCUT2D eigenvalue weighted by atomic mass is 32.1. The van der Waals surface area contributed by atoms with Gasteiger partial charge in [0.25, 0.3) is 5.91 Å². The number of aryl methyl sites for hydroxylation is 2. The predicted octanol–water partition coefficient (Wildman–Crippen LogP) is 1.63. The number of carbonyl (C=O) groups is 1. The fourth-order valence-electron chi connectivity index (χ4n) is 2.86. The van der Waals surface area contributed by atoms with Crippen molar-refractivity contribution >= 4 is 17.2 Å². The highest BCUT2D eigenvalue weighted by molar-refractivity contribution is 7.17. The minimum Gasteiger partial charge on any atom is -0.344 e. The van der Waals surface area contributed by atoms with Crippen LogP contribution in [0.3, 0.4) is 0 Å². The standard InChI is InChI=1S/C16H17N7OS/c1-2-10-13(25-16(20-10)14-17-6-4-7-18-14)15(24)19-9-12-22-21-11-5-3-8-23(11)12/h4,6-7H,2-3,5,8-9H2,1H3,(H,19,24). The van der Waals surface area contributed by atoms with Crippen molar-refractivity contribution in [1.82, 2.24) is 35.0 Å². The van der Waals surface area contributed by atoms with E-state index in [9.17, 15) is 4.79 Å². The molecule has 4 heterocycles. The third kappa shape index (κ3) is 3.02. The zero-order valence-electron chi connectivity index (χ0n) is 13.8. The van der Waals surface area contributed by atoms with E-state index in [1.807, 2.05) is 6.92 Å². The van der Waals surface area contributed by atoms with E-state index in [-0.39, 0.29) is 5.91 Å². The molecule has 3 aromatic rings. The number of hydrogen-bond acceptors (Lipinski definition) is 7. The van der Waals surface area contributed by atoms with Gasteiger partial charge in [-0.2, -0.15) is 0 Å². The molecule has 1 aliphatic heterocycles. The van der Waals surface area contributed by atoms with Crippen molar-refractivity contribution in [2.45, 2.75) is 39.3 Å². The number of nitrogens with one attached hydrogen (secondary N) is 1. The van der Waals surface area contributed by atoms with E-state index in [1.54, 1.807) is 18.5 Å². The van der Waals surface area contributed by atoms with Crippen molar-refractivity contribution in [2.75, 3.05) is 0 Å². The molecule has 1 aliphatic rings. The monoisotopic (exact) mass is 355 g/mol. The summed E-state index contributed by atoms with van der Waals surface area (Å²) in [7, 11) is 0. The average Bonchev–Trinajstić information content (AvgIpc) is 3.36. The Morgan fingerprint density at radius 1 is 1.32 bits per heavy atom. The Balaban J connectivity index is 1.52. The zero-order chi connectivity index (χ0) is 17.2. The highest BCUT2D eigenvalue weighted by Gasteiger charge is 2.21. The van der Waals surface area contributed by atoms with Crippen molar-refractivity contribution < 1.29 is 4.79 Å². The number of amides is 1. The van der Waals surface area contributed by atoms with Crippen LogP contribution in [0.1, 0.15) is 40.4 Å². The summed E-state index contributed by atoms with van der Waals surface area (Å²) in [5, 5.41) is 11.9. The summed E-state index contributed by atoms with van der Waals surface area (Å²) in [4.78, 5) is 26.2. The van der Waals surface area contributed by atoms with Crippen LogP contribution in [-0.2, 0) is 25.9 Å². The molecular weight excluding hydrogens is 338 g/mol. The number of nitrogens with zero attached hydrogens (tertiary/aromatic N) is 6. The maximum absolute atomic E-state index is 12.6. The lowest BCUT2D eigenvalue weighted by Gasteiger charge is -2.05. The second kappa shape index (κ2) is 6.67. The number of rotatable bonds is 5. The molecule has 0 radical (unpaired) electrons. The van der Waals surface area contributed by atoms with Crippen LogP contribution in [0.5, 0.6) is 0 Å².